The molecule has 0 radical (unpaired) electrons. The van der Waals surface area contributed by atoms with Gasteiger partial charge in [0, 0.05) is 12.0 Å². The number of hydrogen-bond donors (Lipinski definition) is 2. The van der Waals surface area contributed by atoms with Gasteiger partial charge in [-0.1, -0.05) is 25.0 Å². The van der Waals surface area contributed by atoms with Crippen molar-refractivity contribution in [2.75, 3.05) is 11.9 Å². The molecule has 2 N–H and O–H groups in total. The lowest BCUT2D eigenvalue weighted by atomic mass is 10.2. The van der Waals surface area contributed by atoms with Crippen molar-refractivity contribution in [3.8, 4) is 0 Å². The first-order valence-electron chi connectivity index (χ1n) is 8.77. The molecule has 2 aromatic rings. The van der Waals surface area contributed by atoms with Crippen LogP contribution >= 0.6 is 0 Å². The first-order valence-corrected chi connectivity index (χ1v) is 8.77. The number of anilines is 1. The van der Waals surface area contributed by atoms with Crippen molar-refractivity contribution in [3.05, 3.63) is 24.3 Å². The summed E-state index contributed by atoms with van der Waals surface area (Å²) in [6.07, 6.45) is 6.52. The second-order valence-corrected chi connectivity index (χ2v) is 6.77. The standard InChI is InChI=1S/C18H22N4O2/c23-16(11-19-17(24)12-9-10-12)21-18-20-14-7-3-4-8-15(14)22(18)13-5-1-2-6-13/h3-4,7-8,12-13H,1-2,5-6,9-11H2,(H,19,24)(H,20,21,23). The topological polar surface area (TPSA) is 76.0 Å². The number of carbonyl (C=O) groups is 2. The molecule has 24 heavy (non-hydrogen) atoms. The van der Waals surface area contributed by atoms with E-state index >= 15 is 0 Å². The molecule has 2 saturated carbocycles. The van der Waals surface area contributed by atoms with Crippen LogP contribution in [0.2, 0.25) is 0 Å². The molecule has 6 heteroatoms. The van der Waals surface area contributed by atoms with E-state index in [1.165, 1.54) is 12.8 Å². The Kier molecular flexibility index (Phi) is 3.96. The smallest absolute Gasteiger partial charge is 0.246 e. The minimum absolute atomic E-state index is 0.00318. The number of imidazole rings is 1. The molecule has 2 aliphatic rings. The second-order valence-electron chi connectivity index (χ2n) is 6.77. The third-order valence-corrected chi connectivity index (χ3v) is 4.91. The van der Waals surface area contributed by atoms with Gasteiger partial charge in [-0.2, -0.15) is 0 Å². The summed E-state index contributed by atoms with van der Waals surface area (Å²) in [7, 11) is 0. The Bertz CT molecular complexity index is 772. The summed E-state index contributed by atoms with van der Waals surface area (Å²) in [6.45, 7) is 0.00318. The summed E-state index contributed by atoms with van der Waals surface area (Å²) in [5, 5.41) is 5.59. The van der Waals surface area contributed by atoms with Crippen molar-refractivity contribution in [1.29, 1.82) is 0 Å². The summed E-state index contributed by atoms with van der Waals surface area (Å²) in [5.74, 6) is 0.461. The van der Waals surface area contributed by atoms with Crippen LogP contribution in [0.4, 0.5) is 5.95 Å². The molecule has 0 atom stereocenters. The predicted molar refractivity (Wildman–Crippen MR) is 91.6 cm³/mol. The van der Waals surface area contributed by atoms with Crippen molar-refractivity contribution < 1.29 is 9.59 Å². The summed E-state index contributed by atoms with van der Waals surface area (Å²) in [4.78, 5) is 28.5. The fraction of sp³-hybridized carbons (Fsp3) is 0.500. The number of nitrogens with one attached hydrogen (secondary N) is 2. The molecule has 2 fully saturated rings. The van der Waals surface area contributed by atoms with Crippen LogP contribution in [0.3, 0.4) is 0 Å². The molecular weight excluding hydrogens is 304 g/mol. The Morgan fingerprint density at radius 1 is 1.12 bits per heavy atom. The van der Waals surface area contributed by atoms with Gasteiger partial charge >= 0.3 is 0 Å². The van der Waals surface area contributed by atoms with Gasteiger partial charge in [0.05, 0.1) is 17.6 Å². The molecule has 0 bridgehead atoms. The minimum atomic E-state index is -0.224. The lowest BCUT2D eigenvalue weighted by Crippen LogP contribution is -2.34. The predicted octanol–water partition coefficient (Wildman–Crippen LogP) is 2.62. The average molecular weight is 326 g/mol. The number of para-hydroxylation sites is 2. The quantitative estimate of drug-likeness (QED) is 0.887. The Labute approximate surface area is 140 Å². The highest BCUT2D eigenvalue weighted by atomic mass is 16.2. The van der Waals surface area contributed by atoms with E-state index in [0.29, 0.717) is 12.0 Å². The molecule has 2 amide bonds. The maximum Gasteiger partial charge on any atom is 0.246 e. The molecular formula is C18H22N4O2. The second kappa shape index (κ2) is 6.26. The molecule has 0 aliphatic heterocycles. The Morgan fingerprint density at radius 2 is 1.88 bits per heavy atom. The molecule has 1 aromatic heterocycles. The summed E-state index contributed by atoms with van der Waals surface area (Å²) in [6, 6.07) is 8.34. The number of benzene rings is 1. The molecule has 0 spiro atoms. The van der Waals surface area contributed by atoms with Crippen LogP contribution in [-0.2, 0) is 9.59 Å². The van der Waals surface area contributed by atoms with Gasteiger partial charge in [-0.05, 0) is 37.8 Å². The van der Waals surface area contributed by atoms with Crippen LogP contribution in [0.25, 0.3) is 11.0 Å². The van der Waals surface area contributed by atoms with E-state index in [-0.39, 0.29) is 24.3 Å². The molecule has 1 aromatic carbocycles. The fourth-order valence-corrected chi connectivity index (χ4v) is 3.49. The summed E-state index contributed by atoms with van der Waals surface area (Å²) >= 11 is 0. The van der Waals surface area contributed by atoms with Crippen LogP contribution in [0.15, 0.2) is 24.3 Å². The Balaban J connectivity index is 1.52. The molecule has 4 rings (SSSR count). The first-order chi connectivity index (χ1) is 11.7. The zero-order chi connectivity index (χ0) is 16.5. The molecule has 6 nitrogen and oxygen atoms in total. The number of hydrogen-bond acceptors (Lipinski definition) is 3. The largest absolute Gasteiger partial charge is 0.347 e. The van der Waals surface area contributed by atoms with Gasteiger partial charge in [-0.25, -0.2) is 4.98 Å². The van der Waals surface area contributed by atoms with Crippen molar-refractivity contribution in [1.82, 2.24) is 14.9 Å². The van der Waals surface area contributed by atoms with Gasteiger partial charge in [0.2, 0.25) is 17.8 Å². The average Bonchev–Trinajstić information content (AvgIpc) is 3.18. The molecule has 126 valence electrons. The third kappa shape index (κ3) is 3.00. The minimum Gasteiger partial charge on any atom is -0.347 e. The Hall–Kier alpha value is -2.37. The zero-order valence-electron chi connectivity index (χ0n) is 13.6. The van der Waals surface area contributed by atoms with Crippen molar-refractivity contribution >= 4 is 28.8 Å². The number of fused-ring (bicyclic) bond motifs is 1. The van der Waals surface area contributed by atoms with Gasteiger partial charge < -0.3 is 9.88 Å². The van der Waals surface area contributed by atoms with E-state index in [4.69, 9.17) is 0 Å². The van der Waals surface area contributed by atoms with E-state index in [0.717, 1.165) is 36.7 Å². The zero-order valence-corrected chi connectivity index (χ0v) is 13.6. The van der Waals surface area contributed by atoms with Crippen LogP contribution in [0.5, 0.6) is 0 Å². The van der Waals surface area contributed by atoms with Crippen molar-refractivity contribution in [2.24, 2.45) is 5.92 Å². The van der Waals surface area contributed by atoms with E-state index in [2.05, 4.69) is 20.2 Å². The highest BCUT2D eigenvalue weighted by Gasteiger charge is 2.30. The number of aromatic nitrogens is 2. The van der Waals surface area contributed by atoms with Gasteiger partial charge in [0.25, 0.3) is 0 Å². The molecule has 2 aliphatic carbocycles. The highest BCUT2D eigenvalue weighted by molar-refractivity contribution is 5.95. The van der Waals surface area contributed by atoms with E-state index < -0.39 is 0 Å². The fourth-order valence-electron chi connectivity index (χ4n) is 3.49. The van der Waals surface area contributed by atoms with Gasteiger partial charge in [-0.3, -0.25) is 14.9 Å². The molecule has 0 unspecified atom stereocenters. The maximum atomic E-state index is 12.2. The monoisotopic (exact) mass is 326 g/mol. The van der Waals surface area contributed by atoms with Crippen LogP contribution in [0.1, 0.15) is 44.6 Å². The Morgan fingerprint density at radius 3 is 2.62 bits per heavy atom. The SMILES string of the molecule is O=C(CNC(=O)C1CC1)Nc1nc2ccccc2n1C1CCCC1. The first kappa shape index (κ1) is 15.2. The van der Waals surface area contributed by atoms with E-state index in [1.807, 2.05) is 24.3 Å². The number of amides is 2. The molecule has 1 heterocycles. The number of carbonyl (C=O) groups excluding carboxylic acids is 2. The van der Waals surface area contributed by atoms with Gasteiger partial charge in [-0.15, -0.1) is 0 Å². The lowest BCUT2D eigenvalue weighted by Gasteiger charge is -2.16. The van der Waals surface area contributed by atoms with Crippen molar-refractivity contribution in [2.45, 2.75) is 44.6 Å². The van der Waals surface area contributed by atoms with E-state index in [1.54, 1.807) is 0 Å². The summed E-state index contributed by atoms with van der Waals surface area (Å²) < 4.78 is 2.16. The number of nitrogens with zero attached hydrogens (tertiary/aromatic N) is 2. The lowest BCUT2D eigenvalue weighted by molar-refractivity contribution is -0.125. The van der Waals surface area contributed by atoms with Crippen LogP contribution in [-0.4, -0.2) is 27.9 Å². The van der Waals surface area contributed by atoms with Crippen molar-refractivity contribution in [3.63, 3.8) is 0 Å². The van der Waals surface area contributed by atoms with Gasteiger partial charge in [0.1, 0.15) is 0 Å². The number of rotatable bonds is 5. The van der Waals surface area contributed by atoms with E-state index in [9.17, 15) is 9.59 Å². The summed E-state index contributed by atoms with van der Waals surface area (Å²) in [5.41, 5.74) is 1.95. The highest BCUT2D eigenvalue weighted by Crippen LogP contribution is 2.35. The normalized spacial score (nSPS) is 18.0. The van der Waals surface area contributed by atoms with Crippen LogP contribution < -0.4 is 10.6 Å². The molecule has 0 saturated heterocycles. The third-order valence-electron chi connectivity index (χ3n) is 4.91. The maximum absolute atomic E-state index is 12.2. The van der Waals surface area contributed by atoms with Gasteiger partial charge in [0.15, 0.2) is 0 Å². The van der Waals surface area contributed by atoms with Crippen LogP contribution in [0, 0.1) is 5.92 Å².